The Hall–Kier alpha value is -3.84. The summed E-state index contributed by atoms with van der Waals surface area (Å²) in [6.07, 6.45) is 2.58. The fourth-order valence-electron chi connectivity index (χ4n) is 4.35. The molecule has 4 aromatic rings. The second-order valence-corrected chi connectivity index (χ2v) is 9.01. The average Bonchev–Trinajstić information content (AvgIpc) is 3.56. The molecule has 0 bridgehead atoms. The molecule has 1 amide bonds. The van der Waals surface area contributed by atoms with Crippen LogP contribution in [0.15, 0.2) is 72.9 Å². The van der Waals surface area contributed by atoms with Gasteiger partial charge in [-0.25, -0.2) is 9.07 Å². The average molecular weight is 506 g/mol. The lowest BCUT2D eigenvalue weighted by molar-refractivity contribution is -0.117. The highest BCUT2D eigenvalue weighted by atomic mass is 35.5. The molecule has 1 aromatic heterocycles. The highest BCUT2D eigenvalue weighted by Gasteiger charge is 2.46. The predicted molar refractivity (Wildman–Crippen MR) is 138 cm³/mol. The summed E-state index contributed by atoms with van der Waals surface area (Å²) in [5.74, 6) is -0.160. The molecule has 1 saturated carbocycles. The van der Waals surface area contributed by atoms with Crippen molar-refractivity contribution >= 4 is 23.2 Å². The molecule has 8 heteroatoms. The molecule has 5 rings (SSSR count). The van der Waals surface area contributed by atoms with E-state index < -0.39 is 5.82 Å². The van der Waals surface area contributed by atoms with Gasteiger partial charge in [-0.2, -0.15) is 5.10 Å². The summed E-state index contributed by atoms with van der Waals surface area (Å²) in [7, 11) is 1.54. The monoisotopic (exact) mass is 505 g/mol. The Morgan fingerprint density at radius 3 is 2.64 bits per heavy atom. The molecule has 1 fully saturated rings. The van der Waals surface area contributed by atoms with E-state index in [1.807, 2.05) is 43.5 Å². The molecular weight excluding hydrogens is 481 g/mol. The van der Waals surface area contributed by atoms with E-state index in [0.717, 1.165) is 11.3 Å². The summed E-state index contributed by atoms with van der Waals surface area (Å²) in [5.41, 5.74) is 3.56. The number of rotatable bonds is 8. The van der Waals surface area contributed by atoms with E-state index in [0.29, 0.717) is 40.7 Å². The molecule has 2 atom stereocenters. The van der Waals surface area contributed by atoms with Gasteiger partial charge in [-0.3, -0.25) is 4.79 Å². The number of nitrogens with one attached hydrogen (secondary N) is 1. The molecule has 184 valence electrons. The van der Waals surface area contributed by atoms with Crippen LogP contribution in [-0.4, -0.2) is 29.4 Å². The Balaban J connectivity index is 1.46. The smallest absolute Gasteiger partial charge is 0.228 e. The van der Waals surface area contributed by atoms with Gasteiger partial charge in [0.05, 0.1) is 30.8 Å². The van der Waals surface area contributed by atoms with Crippen molar-refractivity contribution in [1.82, 2.24) is 9.78 Å². The molecule has 36 heavy (non-hydrogen) atoms. The third kappa shape index (κ3) is 4.79. The Bertz CT molecular complexity index is 1410. The van der Waals surface area contributed by atoms with Crippen LogP contribution in [0.5, 0.6) is 11.5 Å². The Morgan fingerprint density at radius 1 is 1.14 bits per heavy atom. The number of amides is 1. The van der Waals surface area contributed by atoms with Gasteiger partial charge in [-0.1, -0.05) is 29.8 Å². The number of hydrogen-bond donors (Lipinski definition) is 1. The largest absolute Gasteiger partial charge is 0.495 e. The summed E-state index contributed by atoms with van der Waals surface area (Å²) in [6.45, 7) is 2.19. The number of para-hydroxylation sites is 1. The van der Waals surface area contributed by atoms with Crippen molar-refractivity contribution in [3.63, 3.8) is 0 Å². The Labute approximate surface area is 213 Å². The molecule has 6 nitrogen and oxygen atoms in total. The van der Waals surface area contributed by atoms with Crippen molar-refractivity contribution in [2.45, 2.75) is 19.3 Å². The number of halogens is 2. The van der Waals surface area contributed by atoms with Crippen LogP contribution in [0.4, 0.5) is 10.1 Å². The number of anilines is 1. The molecule has 1 aliphatic rings. The number of benzene rings is 3. The first-order valence-corrected chi connectivity index (χ1v) is 12.1. The number of hydrogen-bond acceptors (Lipinski definition) is 4. The van der Waals surface area contributed by atoms with E-state index in [1.54, 1.807) is 42.1 Å². The minimum atomic E-state index is -0.451. The first kappa shape index (κ1) is 23.9. The predicted octanol–water partition coefficient (Wildman–Crippen LogP) is 6.48. The minimum Gasteiger partial charge on any atom is -0.495 e. The number of ether oxygens (including phenoxy) is 2. The highest BCUT2D eigenvalue weighted by molar-refractivity contribution is 6.31. The van der Waals surface area contributed by atoms with E-state index in [-0.39, 0.29) is 23.5 Å². The van der Waals surface area contributed by atoms with Crippen molar-refractivity contribution < 1.29 is 18.7 Å². The third-order valence-corrected chi connectivity index (χ3v) is 6.45. The topological polar surface area (TPSA) is 65.4 Å². The lowest BCUT2D eigenvalue weighted by Gasteiger charge is -2.10. The van der Waals surface area contributed by atoms with Gasteiger partial charge in [0.2, 0.25) is 5.91 Å². The number of nitrogens with zero attached hydrogens (tertiary/aromatic N) is 2. The van der Waals surface area contributed by atoms with Gasteiger partial charge in [-0.15, -0.1) is 0 Å². The van der Waals surface area contributed by atoms with Crippen LogP contribution in [0.1, 0.15) is 24.8 Å². The van der Waals surface area contributed by atoms with Gasteiger partial charge in [-0.05, 0) is 61.9 Å². The summed E-state index contributed by atoms with van der Waals surface area (Å²) < 4.78 is 27.2. The van der Waals surface area contributed by atoms with Gasteiger partial charge in [0.25, 0.3) is 0 Å². The summed E-state index contributed by atoms with van der Waals surface area (Å²) in [4.78, 5) is 13.1. The molecule has 1 aliphatic carbocycles. The highest BCUT2D eigenvalue weighted by Crippen LogP contribution is 2.51. The van der Waals surface area contributed by atoms with Crippen LogP contribution in [0.3, 0.4) is 0 Å². The second-order valence-electron chi connectivity index (χ2n) is 8.57. The van der Waals surface area contributed by atoms with Gasteiger partial charge >= 0.3 is 0 Å². The van der Waals surface area contributed by atoms with Crippen molar-refractivity contribution in [2.75, 3.05) is 19.0 Å². The SMILES string of the molecule is CCOc1ccc(-c2nn(-c3ccccc3)cc2C2CC2C(=O)Nc2cc(Cl)ccc2OC)cc1F. The summed E-state index contributed by atoms with van der Waals surface area (Å²) in [5, 5.41) is 8.23. The van der Waals surface area contributed by atoms with Gasteiger partial charge < -0.3 is 14.8 Å². The van der Waals surface area contributed by atoms with E-state index in [1.165, 1.54) is 6.07 Å². The lowest BCUT2D eigenvalue weighted by Crippen LogP contribution is -2.15. The first-order valence-electron chi connectivity index (χ1n) is 11.7. The summed E-state index contributed by atoms with van der Waals surface area (Å²) >= 11 is 6.11. The number of methoxy groups -OCH3 is 1. The van der Waals surface area contributed by atoms with E-state index in [4.69, 9.17) is 26.2 Å². The van der Waals surface area contributed by atoms with Crippen LogP contribution < -0.4 is 14.8 Å². The van der Waals surface area contributed by atoms with Crippen LogP contribution in [0.25, 0.3) is 16.9 Å². The molecule has 0 radical (unpaired) electrons. The van der Waals surface area contributed by atoms with E-state index >= 15 is 0 Å². The summed E-state index contributed by atoms with van der Waals surface area (Å²) in [6, 6.07) is 19.6. The molecule has 1 N–H and O–H groups in total. The standard InChI is InChI=1S/C28H25ClFN3O3/c1-3-36-25-11-9-17(13-23(25)30)27-22(16-33(32-27)19-7-5-4-6-8-19)20-15-21(20)28(34)31-24-14-18(29)10-12-26(24)35-2/h4-14,16,20-21H,3,15H2,1-2H3,(H,31,34). The fourth-order valence-corrected chi connectivity index (χ4v) is 4.52. The molecule has 3 aromatic carbocycles. The molecule has 0 aliphatic heterocycles. The molecule has 2 unspecified atom stereocenters. The molecule has 1 heterocycles. The molecule has 0 spiro atoms. The van der Waals surface area contributed by atoms with Crippen LogP contribution in [0.2, 0.25) is 5.02 Å². The fraction of sp³-hybridized carbons (Fsp3) is 0.214. The molecular formula is C28H25ClFN3O3. The van der Waals surface area contributed by atoms with Gasteiger partial charge in [0.15, 0.2) is 11.6 Å². The zero-order valence-corrected chi connectivity index (χ0v) is 20.6. The normalized spacial score (nSPS) is 16.4. The first-order chi connectivity index (χ1) is 17.5. The lowest BCUT2D eigenvalue weighted by atomic mass is 10.0. The maximum Gasteiger partial charge on any atom is 0.228 e. The van der Waals surface area contributed by atoms with Crippen LogP contribution in [-0.2, 0) is 4.79 Å². The van der Waals surface area contributed by atoms with E-state index in [2.05, 4.69) is 5.32 Å². The maximum absolute atomic E-state index is 14.7. The van der Waals surface area contributed by atoms with Crippen molar-refractivity contribution in [1.29, 1.82) is 0 Å². The minimum absolute atomic E-state index is 0.0581. The van der Waals surface area contributed by atoms with Gasteiger partial charge in [0, 0.05) is 34.2 Å². The Morgan fingerprint density at radius 2 is 1.92 bits per heavy atom. The third-order valence-electron chi connectivity index (χ3n) is 6.21. The van der Waals surface area contributed by atoms with Crippen molar-refractivity contribution in [2.24, 2.45) is 5.92 Å². The van der Waals surface area contributed by atoms with Crippen LogP contribution in [0, 0.1) is 11.7 Å². The van der Waals surface area contributed by atoms with E-state index in [9.17, 15) is 9.18 Å². The second kappa shape index (κ2) is 10.0. The Kier molecular flexibility index (Phi) is 6.65. The van der Waals surface area contributed by atoms with Crippen molar-refractivity contribution in [3.05, 3.63) is 89.3 Å². The number of carbonyl (C=O) groups excluding carboxylic acids is 1. The molecule has 0 saturated heterocycles. The van der Waals surface area contributed by atoms with Crippen LogP contribution >= 0.6 is 11.6 Å². The zero-order valence-electron chi connectivity index (χ0n) is 19.9. The van der Waals surface area contributed by atoms with Gasteiger partial charge in [0.1, 0.15) is 5.75 Å². The van der Waals surface area contributed by atoms with Crippen molar-refractivity contribution in [3.8, 4) is 28.4 Å². The number of carbonyl (C=O) groups is 1. The number of aromatic nitrogens is 2. The quantitative estimate of drug-likeness (QED) is 0.297. The maximum atomic E-state index is 14.7. The zero-order chi connectivity index (χ0) is 25.2.